The van der Waals surface area contributed by atoms with Crippen molar-refractivity contribution in [2.24, 2.45) is 0 Å². The molecule has 1 heterocycles. The van der Waals surface area contributed by atoms with Crippen molar-refractivity contribution in [2.45, 2.75) is 38.9 Å². The first-order valence-electron chi connectivity index (χ1n) is 6.38. The van der Waals surface area contributed by atoms with E-state index >= 15 is 0 Å². The smallest absolute Gasteiger partial charge is 0.245 e. The minimum absolute atomic E-state index is 0.127. The van der Waals surface area contributed by atoms with Gasteiger partial charge in [0.1, 0.15) is 17.9 Å². The van der Waals surface area contributed by atoms with Gasteiger partial charge in [0.05, 0.1) is 0 Å². The van der Waals surface area contributed by atoms with Gasteiger partial charge < -0.3 is 10.2 Å². The molecule has 1 aliphatic rings. The molecule has 0 aliphatic carbocycles. The summed E-state index contributed by atoms with van der Waals surface area (Å²) in [7, 11) is 0. The maximum atomic E-state index is 13.7. The van der Waals surface area contributed by atoms with Crippen molar-refractivity contribution in [1.29, 1.82) is 0 Å². The Morgan fingerprint density at radius 1 is 1.32 bits per heavy atom. The number of carbonyl (C=O) groups excluding carboxylic acids is 2. The zero-order chi connectivity index (χ0) is 14.0. The molecule has 1 aromatic rings. The third kappa shape index (κ3) is 2.59. The van der Waals surface area contributed by atoms with Crippen LogP contribution in [0.2, 0.25) is 0 Å². The van der Waals surface area contributed by atoms with Crippen molar-refractivity contribution in [2.75, 3.05) is 0 Å². The number of piperazine rings is 1. The minimum atomic E-state index is -0.554. The fraction of sp³-hybridized carbons (Fsp3) is 0.429. The third-order valence-electron chi connectivity index (χ3n) is 3.38. The predicted molar refractivity (Wildman–Crippen MR) is 68.6 cm³/mol. The van der Waals surface area contributed by atoms with Crippen LogP contribution in [0.5, 0.6) is 0 Å². The monoisotopic (exact) mass is 264 g/mol. The van der Waals surface area contributed by atoms with E-state index in [0.29, 0.717) is 12.0 Å². The molecule has 0 radical (unpaired) electrons. The maximum absolute atomic E-state index is 13.7. The van der Waals surface area contributed by atoms with E-state index in [9.17, 15) is 14.0 Å². The van der Waals surface area contributed by atoms with E-state index in [-0.39, 0.29) is 24.2 Å². The van der Waals surface area contributed by atoms with E-state index in [4.69, 9.17) is 0 Å². The normalized spacial score (nSPS) is 23.4. The van der Waals surface area contributed by atoms with Crippen LogP contribution in [-0.2, 0) is 16.1 Å². The van der Waals surface area contributed by atoms with Crippen molar-refractivity contribution in [3.8, 4) is 0 Å². The Morgan fingerprint density at radius 2 is 2.00 bits per heavy atom. The maximum Gasteiger partial charge on any atom is 0.245 e. The first kappa shape index (κ1) is 13.5. The van der Waals surface area contributed by atoms with Crippen LogP contribution in [0.1, 0.15) is 25.8 Å². The van der Waals surface area contributed by atoms with E-state index in [1.165, 1.54) is 11.0 Å². The highest BCUT2D eigenvalue weighted by molar-refractivity contribution is 5.96. The largest absolute Gasteiger partial charge is 0.343 e. The zero-order valence-electron chi connectivity index (χ0n) is 11.0. The Hall–Kier alpha value is -1.91. The average molecular weight is 264 g/mol. The first-order valence-corrected chi connectivity index (χ1v) is 6.38. The van der Waals surface area contributed by atoms with Crippen LogP contribution in [0.25, 0.3) is 0 Å². The highest BCUT2D eigenvalue weighted by atomic mass is 19.1. The summed E-state index contributed by atoms with van der Waals surface area (Å²) in [6.07, 6.45) is 0.513. The molecular weight excluding hydrogens is 247 g/mol. The molecule has 0 aromatic heterocycles. The Balaban J connectivity index is 2.27. The van der Waals surface area contributed by atoms with Crippen LogP contribution in [0.3, 0.4) is 0 Å². The summed E-state index contributed by atoms with van der Waals surface area (Å²) in [6, 6.07) is 5.23. The van der Waals surface area contributed by atoms with Gasteiger partial charge in [-0.05, 0) is 19.4 Å². The van der Waals surface area contributed by atoms with Crippen LogP contribution in [-0.4, -0.2) is 28.8 Å². The molecule has 1 fully saturated rings. The molecular formula is C14H17FN2O2. The van der Waals surface area contributed by atoms with Gasteiger partial charge in [0.2, 0.25) is 11.8 Å². The minimum Gasteiger partial charge on any atom is -0.343 e. The molecule has 2 amide bonds. The Labute approximate surface area is 111 Å². The number of nitrogens with zero attached hydrogens (tertiary/aromatic N) is 1. The molecule has 2 rings (SSSR count). The molecule has 0 spiro atoms. The molecule has 2 unspecified atom stereocenters. The van der Waals surface area contributed by atoms with Crippen molar-refractivity contribution < 1.29 is 14.0 Å². The number of amides is 2. The molecule has 1 aliphatic heterocycles. The van der Waals surface area contributed by atoms with E-state index in [1.54, 1.807) is 25.1 Å². The second-order valence-corrected chi connectivity index (χ2v) is 4.71. The molecule has 1 N–H and O–H groups in total. The van der Waals surface area contributed by atoms with E-state index in [0.717, 1.165) is 0 Å². The second kappa shape index (κ2) is 5.38. The molecule has 102 valence electrons. The average Bonchev–Trinajstić information content (AvgIpc) is 2.38. The van der Waals surface area contributed by atoms with Gasteiger partial charge >= 0.3 is 0 Å². The lowest BCUT2D eigenvalue weighted by Crippen LogP contribution is -2.61. The molecule has 2 atom stereocenters. The summed E-state index contributed by atoms with van der Waals surface area (Å²) in [5.74, 6) is -0.704. The summed E-state index contributed by atoms with van der Waals surface area (Å²) in [4.78, 5) is 25.5. The number of halogens is 1. The van der Waals surface area contributed by atoms with Crippen molar-refractivity contribution in [1.82, 2.24) is 10.2 Å². The summed E-state index contributed by atoms with van der Waals surface area (Å²) in [5, 5.41) is 2.64. The quantitative estimate of drug-likeness (QED) is 0.898. The van der Waals surface area contributed by atoms with Gasteiger partial charge in [-0.15, -0.1) is 0 Å². The predicted octanol–water partition coefficient (Wildman–Crippen LogP) is 1.45. The van der Waals surface area contributed by atoms with Crippen molar-refractivity contribution >= 4 is 11.8 Å². The lowest BCUT2D eigenvalue weighted by molar-refractivity contribution is -0.149. The lowest BCUT2D eigenvalue weighted by Gasteiger charge is -2.37. The number of benzene rings is 1. The molecule has 1 aromatic carbocycles. The molecule has 1 saturated heterocycles. The fourth-order valence-electron chi connectivity index (χ4n) is 2.32. The van der Waals surface area contributed by atoms with E-state index < -0.39 is 12.1 Å². The molecule has 4 nitrogen and oxygen atoms in total. The summed E-state index contributed by atoms with van der Waals surface area (Å²) in [6.45, 7) is 3.60. The summed E-state index contributed by atoms with van der Waals surface area (Å²) < 4.78 is 13.7. The van der Waals surface area contributed by atoms with Crippen LogP contribution in [0.4, 0.5) is 4.39 Å². The number of nitrogens with one attached hydrogen (secondary N) is 1. The van der Waals surface area contributed by atoms with E-state index in [2.05, 4.69) is 5.32 Å². The first-order chi connectivity index (χ1) is 9.04. The third-order valence-corrected chi connectivity index (χ3v) is 3.38. The van der Waals surface area contributed by atoms with Gasteiger partial charge in [-0.1, -0.05) is 25.1 Å². The van der Waals surface area contributed by atoms with Crippen LogP contribution in [0.15, 0.2) is 24.3 Å². The standard InChI is InChI=1S/C14H17FN2O2/c1-3-12-13(18)16-9(2)14(19)17(12)8-10-6-4-5-7-11(10)15/h4-7,9,12H,3,8H2,1-2H3,(H,16,18). The number of hydrogen-bond donors (Lipinski definition) is 1. The van der Waals surface area contributed by atoms with Crippen LogP contribution < -0.4 is 5.32 Å². The second-order valence-electron chi connectivity index (χ2n) is 4.71. The van der Waals surface area contributed by atoms with Gasteiger partial charge in [0, 0.05) is 12.1 Å². The zero-order valence-corrected chi connectivity index (χ0v) is 11.0. The molecule has 0 saturated carbocycles. The van der Waals surface area contributed by atoms with Crippen molar-refractivity contribution in [3.63, 3.8) is 0 Å². The van der Waals surface area contributed by atoms with Crippen LogP contribution >= 0.6 is 0 Å². The molecule has 19 heavy (non-hydrogen) atoms. The van der Waals surface area contributed by atoms with Gasteiger partial charge in [0.15, 0.2) is 0 Å². The summed E-state index contributed by atoms with van der Waals surface area (Å²) in [5.41, 5.74) is 0.427. The lowest BCUT2D eigenvalue weighted by atomic mass is 10.0. The Morgan fingerprint density at radius 3 is 2.63 bits per heavy atom. The van der Waals surface area contributed by atoms with E-state index in [1.807, 2.05) is 6.92 Å². The van der Waals surface area contributed by atoms with Gasteiger partial charge in [0.25, 0.3) is 0 Å². The molecule has 0 bridgehead atoms. The number of rotatable bonds is 3. The summed E-state index contributed by atoms with van der Waals surface area (Å²) >= 11 is 0. The van der Waals surface area contributed by atoms with Gasteiger partial charge in [-0.25, -0.2) is 4.39 Å². The number of hydrogen-bond acceptors (Lipinski definition) is 2. The van der Waals surface area contributed by atoms with Crippen LogP contribution in [0, 0.1) is 5.82 Å². The topological polar surface area (TPSA) is 49.4 Å². The highest BCUT2D eigenvalue weighted by Gasteiger charge is 2.37. The number of carbonyl (C=O) groups is 2. The SMILES string of the molecule is CCC1C(=O)NC(C)C(=O)N1Cc1ccccc1F. The van der Waals surface area contributed by atoms with Gasteiger partial charge in [-0.3, -0.25) is 9.59 Å². The Bertz CT molecular complexity index is 504. The highest BCUT2D eigenvalue weighted by Crippen LogP contribution is 2.18. The Kier molecular flexibility index (Phi) is 3.83. The fourth-order valence-corrected chi connectivity index (χ4v) is 2.32. The van der Waals surface area contributed by atoms with Gasteiger partial charge in [-0.2, -0.15) is 0 Å². The molecule has 5 heteroatoms. The van der Waals surface area contributed by atoms with Crippen molar-refractivity contribution in [3.05, 3.63) is 35.6 Å².